The van der Waals surface area contributed by atoms with Crippen molar-refractivity contribution in [1.82, 2.24) is 0 Å². The van der Waals surface area contributed by atoms with Crippen molar-refractivity contribution in [3.05, 3.63) is 41.5 Å². The van der Waals surface area contributed by atoms with Crippen LogP contribution in [-0.4, -0.2) is 20.4 Å². The van der Waals surface area contributed by atoms with Crippen molar-refractivity contribution in [2.24, 2.45) is 5.18 Å². The molecule has 0 amide bonds. The summed E-state index contributed by atoms with van der Waals surface area (Å²) in [7, 11) is -3.15. The van der Waals surface area contributed by atoms with Crippen LogP contribution in [-0.2, 0) is 9.84 Å². The Bertz CT molecular complexity index is 490. The molecule has 1 aromatic carbocycles. The molecule has 0 fully saturated rings. The molecule has 0 aliphatic carbocycles. The summed E-state index contributed by atoms with van der Waals surface area (Å²) in [6.45, 7) is 3.49. The second-order valence-corrected chi connectivity index (χ2v) is 5.44. The lowest BCUT2D eigenvalue weighted by Crippen LogP contribution is -2.09. The van der Waals surface area contributed by atoms with Crippen LogP contribution in [0.15, 0.2) is 41.8 Å². The first kappa shape index (κ1) is 12.4. The first-order valence-electron chi connectivity index (χ1n) is 4.37. The predicted molar refractivity (Wildman–Crippen MR) is 61.4 cm³/mol. The number of hydrogen-bond donors (Lipinski definition) is 0. The Kier molecular flexibility index (Phi) is 3.78. The number of benzene rings is 1. The number of nitrogens with zero attached hydrogens (tertiary/aromatic N) is 1. The van der Waals surface area contributed by atoms with E-state index in [1.54, 1.807) is 0 Å². The molecule has 0 aliphatic heterocycles. The van der Waals surface area contributed by atoms with Crippen LogP contribution in [0.2, 0.25) is 0 Å². The van der Waals surface area contributed by atoms with Gasteiger partial charge in [0, 0.05) is 6.26 Å². The molecule has 0 spiro atoms. The van der Waals surface area contributed by atoms with E-state index in [0.717, 1.165) is 6.26 Å². The lowest BCUT2D eigenvalue weighted by molar-refractivity contribution is 0.430. The summed E-state index contributed by atoms with van der Waals surface area (Å²) in [5.74, 6) is 0.316. The van der Waals surface area contributed by atoms with Gasteiger partial charge in [-0.2, -0.15) is 0 Å². The van der Waals surface area contributed by atoms with Crippen molar-refractivity contribution in [2.75, 3.05) is 12.0 Å². The zero-order chi connectivity index (χ0) is 12.2. The van der Waals surface area contributed by atoms with Gasteiger partial charge in [-0.15, -0.1) is 4.91 Å². The van der Waals surface area contributed by atoms with Crippen LogP contribution in [0, 0.1) is 4.91 Å². The molecule has 0 heterocycles. The van der Waals surface area contributed by atoms with E-state index in [1.807, 2.05) is 0 Å². The number of sulfone groups is 1. The maximum absolute atomic E-state index is 10.9. The van der Waals surface area contributed by atoms with Crippen LogP contribution >= 0.6 is 0 Å². The number of nitroso groups, excluding NO2 is 1. The summed E-state index contributed by atoms with van der Waals surface area (Å²) in [5, 5.41) is 2.73. The van der Waals surface area contributed by atoms with Gasteiger partial charge in [-0.25, -0.2) is 8.42 Å². The van der Waals surface area contributed by atoms with Gasteiger partial charge in [0.2, 0.25) is 0 Å². The molecule has 6 heteroatoms. The smallest absolute Gasteiger partial charge is 0.154 e. The third-order valence-corrected chi connectivity index (χ3v) is 2.47. The molecule has 0 N–H and O–H groups in total. The maximum atomic E-state index is 10.9. The molecule has 0 aliphatic rings. The van der Waals surface area contributed by atoms with Crippen LogP contribution in [0.1, 0.15) is 0 Å². The highest BCUT2D eigenvalue weighted by molar-refractivity contribution is 7.90. The van der Waals surface area contributed by atoms with Crippen LogP contribution in [0.5, 0.6) is 5.75 Å². The van der Waals surface area contributed by atoms with E-state index in [0.29, 0.717) is 5.75 Å². The molecule has 0 saturated carbocycles. The van der Waals surface area contributed by atoms with E-state index in [1.165, 1.54) is 24.3 Å². The molecule has 16 heavy (non-hydrogen) atoms. The maximum Gasteiger partial charge on any atom is 0.154 e. The number of ether oxygens (including phenoxy) is 1. The third-order valence-electron chi connectivity index (χ3n) is 1.63. The Morgan fingerprint density at radius 2 is 1.94 bits per heavy atom. The number of rotatable bonds is 5. The van der Waals surface area contributed by atoms with Crippen molar-refractivity contribution in [3.8, 4) is 5.75 Å². The lowest BCUT2D eigenvalue weighted by atomic mass is 10.3. The monoisotopic (exact) mass is 241 g/mol. The highest BCUT2D eigenvalue weighted by atomic mass is 32.2. The van der Waals surface area contributed by atoms with Gasteiger partial charge in [-0.1, -0.05) is 6.58 Å². The minimum atomic E-state index is -3.15. The fourth-order valence-corrected chi connectivity index (χ4v) is 1.71. The van der Waals surface area contributed by atoms with E-state index in [-0.39, 0.29) is 17.2 Å². The van der Waals surface area contributed by atoms with Crippen molar-refractivity contribution in [2.45, 2.75) is 0 Å². The zero-order valence-corrected chi connectivity index (χ0v) is 9.53. The van der Waals surface area contributed by atoms with Gasteiger partial charge >= 0.3 is 0 Å². The minimum Gasteiger partial charge on any atom is -0.461 e. The largest absolute Gasteiger partial charge is 0.461 e. The van der Waals surface area contributed by atoms with E-state index in [9.17, 15) is 13.3 Å². The van der Waals surface area contributed by atoms with E-state index in [2.05, 4.69) is 11.8 Å². The molecule has 0 radical (unpaired) electrons. The molecule has 0 aromatic heterocycles. The summed E-state index contributed by atoms with van der Waals surface area (Å²) in [5.41, 5.74) is 0.279. The summed E-state index contributed by atoms with van der Waals surface area (Å²) in [6.07, 6.45) is 1.10. The molecule has 1 aromatic rings. The van der Waals surface area contributed by atoms with Gasteiger partial charge in [-0.05, 0) is 29.4 Å². The topological polar surface area (TPSA) is 72.8 Å². The molecule has 0 unspecified atom stereocenters. The Hall–Kier alpha value is -1.69. The fourth-order valence-electron chi connectivity index (χ4n) is 1.06. The third kappa shape index (κ3) is 4.22. The van der Waals surface area contributed by atoms with Gasteiger partial charge in [0.05, 0.1) is 0 Å². The Balaban J connectivity index is 2.66. The molecule has 0 atom stereocenters. The van der Waals surface area contributed by atoms with Gasteiger partial charge in [0.1, 0.15) is 22.9 Å². The molecule has 1 rings (SSSR count). The highest BCUT2D eigenvalue weighted by Crippen LogP contribution is 2.19. The first-order chi connectivity index (χ1) is 7.40. The first-order valence-corrected chi connectivity index (χ1v) is 6.43. The molecular formula is C10H11NO4S. The lowest BCUT2D eigenvalue weighted by Gasteiger charge is -2.07. The summed E-state index contributed by atoms with van der Waals surface area (Å²) < 4.78 is 27.0. The fraction of sp³-hybridized carbons (Fsp3) is 0.200. The molecule has 5 nitrogen and oxygen atoms in total. The standard InChI is InChI=1S/C10H11NO4S/c1-8(7-16(2,13)14)15-10-5-3-9(11-12)4-6-10/h3-6H,1,7H2,2H3. The van der Waals surface area contributed by atoms with Gasteiger partial charge < -0.3 is 4.74 Å². The van der Waals surface area contributed by atoms with Crippen LogP contribution in [0.25, 0.3) is 0 Å². The Labute approximate surface area is 93.6 Å². The molecule has 86 valence electrons. The average molecular weight is 241 g/mol. The van der Waals surface area contributed by atoms with Gasteiger partial charge in [-0.3, -0.25) is 0 Å². The highest BCUT2D eigenvalue weighted by Gasteiger charge is 2.07. The second-order valence-electron chi connectivity index (χ2n) is 3.30. The van der Waals surface area contributed by atoms with Crippen molar-refractivity contribution < 1.29 is 13.2 Å². The average Bonchev–Trinajstić information content (AvgIpc) is 2.16. The summed E-state index contributed by atoms with van der Waals surface area (Å²) >= 11 is 0. The Morgan fingerprint density at radius 3 is 2.38 bits per heavy atom. The summed E-state index contributed by atoms with van der Waals surface area (Å²) in [6, 6.07) is 5.97. The zero-order valence-electron chi connectivity index (χ0n) is 8.71. The van der Waals surface area contributed by atoms with Gasteiger partial charge in [0.25, 0.3) is 0 Å². The van der Waals surface area contributed by atoms with Crippen LogP contribution in [0.3, 0.4) is 0 Å². The van der Waals surface area contributed by atoms with E-state index >= 15 is 0 Å². The molecular weight excluding hydrogens is 230 g/mol. The Morgan fingerprint density at radius 1 is 1.38 bits per heavy atom. The van der Waals surface area contributed by atoms with Crippen LogP contribution in [0.4, 0.5) is 5.69 Å². The SMILES string of the molecule is C=C(CS(C)(=O)=O)Oc1ccc(N=O)cc1. The van der Waals surface area contributed by atoms with E-state index in [4.69, 9.17) is 4.74 Å². The second kappa shape index (κ2) is 4.89. The van der Waals surface area contributed by atoms with Crippen LogP contribution < -0.4 is 4.74 Å². The van der Waals surface area contributed by atoms with Crippen molar-refractivity contribution in [1.29, 1.82) is 0 Å². The quantitative estimate of drug-likeness (QED) is 0.584. The van der Waals surface area contributed by atoms with Gasteiger partial charge in [0.15, 0.2) is 9.84 Å². The van der Waals surface area contributed by atoms with Crippen molar-refractivity contribution in [3.63, 3.8) is 0 Å². The number of hydrogen-bond acceptors (Lipinski definition) is 5. The minimum absolute atomic E-state index is 0.134. The summed E-state index contributed by atoms with van der Waals surface area (Å²) in [4.78, 5) is 10.1. The molecule has 0 bridgehead atoms. The normalized spacial score (nSPS) is 10.8. The van der Waals surface area contributed by atoms with Crippen molar-refractivity contribution >= 4 is 15.5 Å². The van der Waals surface area contributed by atoms with E-state index < -0.39 is 9.84 Å². The molecule has 0 saturated heterocycles. The predicted octanol–water partition coefficient (Wildman–Crippen LogP) is 2.02.